The number of methoxy groups -OCH3 is 2. The first-order valence-corrected chi connectivity index (χ1v) is 9.22. The van der Waals surface area contributed by atoms with Crippen LogP contribution in [0.3, 0.4) is 0 Å². The van der Waals surface area contributed by atoms with E-state index in [4.69, 9.17) is 21.7 Å². The number of esters is 1. The number of thiocarbonyl (C=S) groups is 1. The van der Waals surface area contributed by atoms with Gasteiger partial charge in [0.15, 0.2) is 16.6 Å². The molecule has 29 heavy (non-hydrogen) atoms. The Bertz CT molecular complexity index is 1020. The number of rotatable bonds is 4. The van der Waals surface area contributed by atoms with Crippen molar-refractivity contribution < 1.29 is 23.8 Å². The van der Waals surface area contributed by atoms with Crippen LogP contribution < -0.4 is 15.0 Å². The number of anilines is 1. The Morgan fingerprint density at radius 2 is 1.93 bits per heavy atom. The molecular weight excluding hydrogens is 395 g/mol. The van der Waals surface area contributed by atoms with Gasteiger partial charge in [0.05, 0.1) is 31.5 Å². The third-order valence-corrected chi connectivity index (χ3v) is 5.14. The summed E-state index contributed by atoms with van der Waals surface area (Å²) in [5.74, 6) is -0.679. The van der Waals surface area contributed by atoms with Gasteiger partial charge in [-0.3, -0.25) is 4.90 Å². The fourth-order valence-corrected chi connectivity index (χ4v) is 3.63. The number of hydrogen-bond acceptors (Lipinski definition) is 5. The highest BCUT2D eigenvalue weighted by atomic mass is 32.1. The van der Waals surface area contributed by atoms with Gasteiger partial charge in [-0.1, -0.05) is 12.1 Å². The summed E-state index contributed by atoms with van der Waals surface area (Å²) in [5.41, 5.74) is 2.48. The number of benzene rings is 2. The Hall–Kier alpha value is -3.13. The molecule has 0 aromatic heterocycles. The summed E-state index contributed by atoms with van der Waals surface area (Å²) < 4.78 is 24.3. The molecule has 0 spiro atoms. The standard InChI is InChI=1S/C21H21FN2O4S/c1-11-5-7-14(10-15(11)22)24-12(2)18(20(26)28-4)19(23-21(24)29)13-6-8-16(25)17(9-13)27-3/h5-10,19,25H,1-4H3,(H,23,29). The molecule has 1 heterocycles. The fraction of sp³-hybridized carbons (Fsp3) is 0.238. The maximum Gasteiger partial charge on any atom is 0.337 e. The second kappa shape index (κ2) is 8.08. The van der Waals surface area contributed by atoms with Crippen LogP contribution in [0.25, 0.3) is 0 Å². The van der Waals surface area contributed by atoms with Crippen molar-refractivity contribution in [3.8, 4) is 11.5 Å². The molecule has 0 aliphatic carbocycles. The fourth-order valence-electron chi connectivity index (χ4n) is 3.27. The quantitative estimate of drug-likeness (QED) is 0.581. The van der Waals surface area contributed by atoms with E-state index >= 15 is 0 Å². The van der Waals surface area contributed by atoms with E-state index in [0.29, 0.717) is 33.2 Å². The third-order valence-electron chi connectivity index (χ3n) is 4.84. The average molecular weight is 416 g/mol. The average Bonchev–Trinajstić information content (AvgIpc) is 2.70. The van der Waals surface area contributed by atoms with Crippen molar-refractivity contribution in [3.05, 3.63) is 64.6 Å². The van der Waals surface area contributed by atoms with Crippen LogP contribution >= 0.6 is 12.2 Å². The van der Waals surface area contributed by atoms with E-state index in [-0.39, 0.29) is 17.3 Å². The number of allylic oxidation sites excluding steroid dienone is 1. The van der Waals surface area contributed by atoms with Crippen molar-refractivity contribution in [3.63, 3.8) is 0 Å². The van der Waals surface area contributed by atoms with Crippen LogP contribution in [0.4, 0.5) is 10.1 Å². The van der Waals surface area contributed by atoms with Crippen LogP contribution in [-0.2, 0) is 9.53 Å². The molecule has 152 valence electrons. The molecule has 0 bridgehead atoms. The number of nitrogens with one attached hydrogen (secondary N) is 1. The second-order valence-electron chi connectivity index (χ2n) is 6.57. The summed E-state index contributed by atoms with van der Waals surface area (Å²) >= 11 is 5.53. The van der Waals surface area contributed by atoms with Crippen molar-refractivity contribution in [2.24, 2.45) is 0 Å². The zero-order chi connectivity index (χ0) is 21.3. The van der Waals surface area contributed by atoms with Gasteiger partial charge in [0.25, 0.3) is 0 Å². The van der Waals surface area contributed by atoms with E-state index in [2.05, 4.69) is 5.32 Å². The van der Waals surface area contributed by atoms with E-state index < -0.39 is 12.0 Å². The molecule has 0 amide bonds. The molecule has 1 unspecified atom stereocenters. The van der Waals surface area contributed by atoms with E-state index in [1.807, 2.05) is 0 Å². The molecule has 0 saturated carbocycles. The summed E-state index contributed by atoms with van der Waals surface area (Å²) in [6.07, 6.45) is 0. The lowest BCUT2D eigenvalue weighted by Gasteiger charge is -2.37. The topological polar surface area (TPSA) is 71.0 Å². The van der Waals surface area contributed by atoms with Gasteiger partial charge in [-0.2, -0.15) is 0 Å². The third kappa shape index (κ3) is 3.75. The SMILES string of the molecule is COC(=O)C1=C(C)N(c2ccc(C)c(F)c2)C(=S)NC1c1ccc(O)c(OC)c1. The van der Waals surface area contributed by atoms with Gasteiger partial charge in [-0.05, 0) is 61.5 Å². The lowest BCUT2D eigenvalue weighted by atomic mass is 9.94. The van der Waals surface area contributed by atoms with E-state index in [9.17, 15) is 14.3 Å². The lowest BCUT2D eigenvalue weighted by molar-refractivity contribution is -0.136. The molecule has 6 nitrogen and oxygen atoms in total. The van der Waals surface area contributed by atoms with Crippen molar-refractivity contribution >= 4 is 29.0 Å². The van der Waals surface area contributed by atoms with Crippen LogP contribution in [0.1, 0.15) is 24.1 Å². The summed E-state index contributed by atoms with van der Waals surface area (Å²) in [4.78, 5) is 14.2. The first kappa shape index (κ1) is 20.6. The van der Waals surface area contributed by atoms with E-state index in [1.165, 1.54) is 26.4 Å². The summed E-state index contributed by atoms with van der Waals surface area (Å²) in [5, 5.41) is 13.3. The van der Waals surface area contributed by atoms with Crippen molar-refractivity contribution in [2.75, 3.05) is 19.1 Å². The molecule has 8 heteroatoms. The largest absolute Gasteiger partial charge is 0.504 e. The Balaban J connectivity index is 2.15. The van der Waals surface area contributed by atoms with Crippen LogP contribution in [-0.4, -0.2) is 30.4 Å². The highest BCUT2D eigenvalue weighted by molar-refractivity contribution is 7.80. The molecule has 0 saturated heterocycles. The molecule has 1 atom stereocenters. The molecule has 2 N–H and O–H groups in total. The number of aryl methyl sites for hydroxylation is 1. The second-order valence-corrected chi connectivity index (χ2v) is 6.96. The number of hydrogen-bond donors (Lipinski definition) is 2. The van der Waals surface area contributed by atoms with Gasteiger partial charge < -0.3 is 19.9 Å². The van der Waals surface area contributed by atoms with Gasteiger partial charge in [-0.25, -0.2) is 9.18 Å². The van der Waals surface area contributed by atoms with Gasteiger partial charge in [0, 0.05) is 5.70 Å². The number of carbonyl (C=O) groups is 1. The molecule has 2 aromatic rings. The number of aromatic hydroxyl groups is 1. The molecule has 2 aromatic carbocycles. The highest BCUT2D eigenvalue weighted by Gasteiger charge is 2.35. The maximum atomic E-state index is 14.1. The van der Waals surface area contributed by atoms with Crippen LogP contribution in [0.5, 0.6) is 11.5 Å². The van der Waals surface area contributed by atoms with Crippen LogP contribution in [0.2, 0.25) is 0 Å². The summed E-state index contributed by atoms with van der Waals surface area (Å²) in [6, 6.07) is 8.87. The molecule has 0 fully saturated rings. The van der Waals surface area contributed by atoms with Gasteiger partial charge in [0.2, 0.25) is 0 Å². The number of halogens is 1. The molecule has 1 aliphatic rings. The number of phenolic OH excluding ortho intramolecular Hbond substituents is 1. The minimum absolute atomic E-state index is 0.0216. The maximum absolute atomic E-state index is 14.1. The van der Waals surface area contributed by atoms with E-state index in [0.717, 1.165) is 0 Å². The summed E-state index contributed by atoms with van der Waals surface area (Å²) in [6.45, 7) is 3.39. The zero-order valence-corrected chi connectivity index (χ0v) is 17.3. The van der Waals surface area contributed by atoms with E-state index in [1.54, 1.807) is 43.0 Å². The van der Waals surface area contributed by atoms with Crippen LogP contribution in [0.15, 0.2) is 47.7 Å². The minimum atomic E-state index is -0.629. The highest BCUT2D eigenvalue weighted by Crippen LogP contribution is 2.37. The van der Waals surface area contributed by atoms with Crippen molar-refractivity contribution in [2.45, 2.75) is 19.9 Å². The Morgan fingerprint density at radius 3 is 2.55 bits per heavy atom. The molecule has 3 rings (SSSR count). The predicted molar refractivity (Wildman–Crippen MR) is 111 cm³/mol. The molecule has 1 aliphatic heterocycles. The predicted octanol–water partition coefficient (Wildman–Crippen LogP) is 3.73. The normalized spacial score (nSPS) is 16.5. The zero-order valence-electron chi connectivity index (χ0n) is 16.4. The summed E-state index contributed by atoms with van der Waals surface area (Å²) in [7, 11) is 2.73. The number of nitrogens with zero attached hydrogens (tertiary/aromatic N) is 1. The number of ether oxygens (including phenoxy) is 2. The van der Waals surface area contributed by atoms with Gasteiger partial charge in [-0.15, -0.1) is 0 Å². The minimum Gasteiger partial charge on any atom is -0.504 e. The number of phenols is 1. The van der Waals surface area contributed by atoms with Crippen molar-refractivity contribution in [1.29, 1.82) is 0 Å². The molecule has 0 radical (unpaired) electrons. The van der Waals surface area contributed by atoms with Gasteiger partial charge >= 0.3 is 5.97 Å². The monoisotopic (exact) mass is 416 g/mol. The van der Waals surface area contributed by atoms with Gasteiger partial charge in [0.1, 0.15) is 5.82 Å². The Labute approximate surface area is 173 Å². The Kier molecular flexibility index (Phi) is 5.74. The lowest BCUT2D eigenvalue weighted by Crippen LogP contribution is -2.48. The number of carbonyl (C=O) groups excluding carboxylic acids is 1. The first-order chi connectivity index (χ1) is 13.8. The van der Waals surface area contributed by atoms with Crippen LogP contribution in [0, 0.1) is 12.7 Å². The van der Waals surface area contributed by atoms with Crippen molar-refractivity contribution in [1.82, 2.24) is 5.32 Å². The Morgan fingerprint density at radius 1 is 1.21 bits per heavy atom. The first-order valence-electron chi connectivity index (χ1n) is 8.81. The smallest absolute Gasteiger partial charge is 0.337 e. The molecular formula is C21H21FN2O4S.